The molecule has 0 bridgehead atoms. The molecule has 2 aromatic rings. The van der Waals surface area contributed by atoms with Gasteiger partial charge in [0.2, 0.25) is 0 Å². The summed E-state index contributed by atoms with van der Waals surface area (Å²) in [7, 11) is 0. The molecule has 3 unspecified atom stereocenters. The Labute approximate surface area is 125 Å². The Hall–Kier alpha value is -1.25. The first-order chi connectivity index (χ1) is 9.76. The number of piperidine rings is 1. The molecule has 1 saturated heterocycles. The Bertz CT molecular complexity index is 535. The first-order valence-corrected chi connectivity index (χ1v) is 7.69. The lowest BCUT2D eigenvalue weighted by molar-refractivity contribution is 0.264. The van der Waals surface area contributed by atoms with E-state index in [2.05, 4.69) is 30.4 Å². The summed E-state index contributed by atoms with van der Waals surface area (Å²) >= 11 is 5.98. The van der Waals surface area contributed by atoms with Crippen LogP contribution in [0.3, 0.4) is 0 Å². The minimum Gasteiger partial charge on any atom is -0.469 e. The van der Waals surface area contributed by atoms with E-state index in [9.17, 15) is 0 Å². The summed E-state index contributed by atoms with van der Waals surface area (Å²) in [5, 5.41) is 4.54. The van der Waals surface area contributed by atoms with Crippen LogP contribution < -0.4 is 5.32 Å². The summed E-state index contributed by atoms with van der Waals surface area (Å²) in [5.41, 5.74) is 1.31. The van der Waals surface area contributed by atoms with Gasteiger partial charge in [0.25, 0.3) is 0 Å². The highest BCUT2D eigenvalue weighted by Gasteiger charge is 2.30. The van der Waals surface area contributed by atoms with Gasteiger partial charge in [-0.3, -0.25) is 0 Å². The normalized spacial score (nSPS) is 26.6. The summed E-state index contributed by atoms with van der Waals surface area (Å²) in [6.07, 6.45) is 5.14. The van der Waals surface area contributed by atoms with Crippen molar-refractivity contribution in [3.05, 3.63) is 59.0 Å². The van der Waals surface area contributed by atoms with Gasteiger partial charge >= 0.3 is 0 Å². The van der Waals surface area contributed by atoms with Gasteiger partial charge in [0.15, 0.2) is 0 Å². The van der Waals surface area contributed by atoms with Gasteiger partial charge in [0, 0.05) is 23.0 Å². The van der Waals surface area contributed by atoms with Gasteiger partial charge in [0.1, 0.15) is 5.76 Å². The van der Waals surface area contributed by atoms with Gasteiger partial charge in [-0.1, -0.05) is 30.7 Å². The van der Waals surface area contributed by atoms with Crippen molar-refractivity contribution < 1.29 is 4.42 Å². The minimum absolute atomic E-state index is 0.376. The predicted octanol–water partition coefficient (Wildman–Crippen LogP) is 4.92. The van der Waals surface area contributed by atoms with Crippen LogP contribution in [0.4, 0.5) is 0 Å². The summed E-state index contributed by atoms with van der Waals surface area (Å²) in [5.74, 6) is 1.61. The zero-order valence-corrected chi connectivity index (χ0v) is 12.4. The van der Waals surface area contributed by atoms with Crippen molar-refractivity contribution in [1.82, 2.24) is 5.32 Å². The molecule has 1 fully saturated rings. The van der Waals surface area contributed by atoms with Crippen molar-refractivity contribution >= 4 is 11.6 Å². The second-order valence-electron chi connectivity index (χ2n) is 5.56. The molecule has 2 heterocycles. The second kappa shape index (κ2) is 6.02. The zero-order valence-electron chi connectivity index (χ0n) is 11.7. The molecule has 0 radical (unpaired) electrons. The Morgan fingerprint density at radius 3 is 2.65 bits per heavy atom. The van der Waals surface area contributed by atoms with Crippen LogP contribution in [-0.4, -0.2) is 6.04 Å². The summed E-state index contributed by atoms with van der Waals surface area (Å²) < 4.78 is 5.62. The molecular formula is C17H20ClNO. The van der Waals surface area contributed by atoms with Crippen molar-refractivity contribution in [3.63, 3.8) is 0 Å². The average Bonchev–Trinajstić information content (AvgIpc) is 3.02. The van der Waals surface area contributed by atoms with Crippen LogP contribution in [0, 0.1) is 0 Å². The fourth-order valence-electron chi connectivity index (χ4n) is 3.11. The maximum absolute atomic E-state index is 5.98. The third kappa shape index (κ3) is 2.92. The van der Waals surface area contributed by atoms with Crippen molar-refractivity contribution in [2.24, 2.45) is 0 Å². The van der Waals surface area contributed by atoms with E-state index in [0.717, 1.165) is 30.0 Å². The van der Waals surface area contributed by atoms with Crippen LogP contribution in [0.25, 0.3) is 0 Å². The molecule has 3 rings (SSSR count). The lowest BCUT2D eigenvalue weighted by Crippen LogP contribution is -2.39. The SMILES string of the molecule is CCC1CC(c2ccco2)CC(c2ccc(Cl)cc2)N1. The molecule has 3 atom stereocenters. The highest BCUT2D eigenvalue weighted by Crippen LogP contribution is 2.37. The van der Waals surface area contributed by atoms with Gasteiger partial charge in [-0.2, -0.15) is 0 Å². The van der Waals surface area contributed by atoms with Gasteiger partial charge in [-0.05, 0) is 49.1 Å². The molecule has 20 heavy (non-hydrogen) atoms. The molecule has 0 saturated carbocycles. The van der Waals surface area contributed by atoms with Gasteiger partial charge in [-0.15, -0.1) is 0 Å². The van der Waals surface area contributed by atoms with E-state index in [4.69, 9.17) is 16.0 Å². The molecule has 2 nitrogen and oxygen atoms in total. The molecule has 0 aliphatic carbocycles. The minimum atomic E-state index is 0.376. The van der Waals surface area contributed by atoms with E-state index in [0.29, 0.717) is 18.0 Å². The number of nitrogens with one attached hydrogen (secondary N) is 1. The Morgan fingerprint density at radius 1 is 1.20 bits per heavy atom. The Morgan fingerprint density at radius 2 is 2.00 bits per heavy atom. The van der Waals surface area contributed by atoms with Crippen LogP contribution >= 0.6 is 11.6 Å². The third-order valence-electron chi connectivity index (χ3n) is 4.24. The van der Waals surface area contributed by atoms with E-state index >= 15 is 0 Å². The molecule has 1 aromatic heterocycles. The topological polar surface area (TPSA) is 25.2 Å². The van der Waals surface area contributed by atoms with Gasteiger partial charge in [0.05, 0.1) is 6.26 Å². The number of halogens is 1. The monoisotopic (exact) mass is 289 g/mol. The molecule has 1 aliphatic heterocycles. The number of hydrogen-bond donors (Lipinski definition) is 1. The molecule has 1 N–H and O–H groups in total. The molecule has 0 spiro atoms. The second-order valence-corrected chi connectivity index (χ2v) is 6.00. The standard InChI is InChI=1S/C17H20ClNO/c1-2-15-10-13(17-4-3-9-20-17)11-16(19-15)12-5-7-14(18)8-6-12/h3-9,13,15-16,19H,2,10-11H2,1H3. The maximum atomic E-state index is 5.98. The Kier molecular flexibility index (Phi) is 4.13. The molecule has 106 valence electrons. The molecular weight excluding hydrogens is 270 g/mol. The van der Waals surface area contributed by atoms with Crippen molar-refractivity contribution in [1.29, 1.82) is 0 Å². The van der Waals surface area contributed by atoms with E-state index in [1.807, 2.05) is 18.2 Å². The molecule has 1 aliphatic rings. The first kappa shape index (κ1) is 13.7. The van der Waals surface area contributed by atoms with Crippen LogP contribution in [-0.2, 0) is 0 Å². The van der Waals surface area contributed by atoms with E-state index in [-0.39, 0.29) is 0 Å². The summed E-state index contributed by atoms with van der Waals surface area (Å²) in [4.78, 5) is 0. The number of benzene rings is 1. The van der Waals surface area contributed by atoms with Gasteiger partial charge < -0.3 is 9.73 Å². The van der Waals surface area contributed by atoms with Crippen molar-refractivity contribution in [2.45, 2.75) is 44.2 Å². The summed E-state index contributed by atoms with van der Waals surface area (Å²) in [6.45, 7) is 2.24. The maximum Gasteiger partial charge on any atom is 0.106 e. The number of furan rings is 1. The van der Waals surface area contributed by atoms with E-state index in [1.165, 1.54) is 5.56 Å². The fourth-order valence-corrected chi connectivity index (χ4v) is 3.24. The summed E-state index contributed by atoms with van der Waals surface area (Å²) in [6, 6.07) is 13.2. The highest BCUT2D eigenvalue weighted by atomic mass is 35.5. The van der Waals surface area contributed by atoms with Gasteiger partial charge in [-0.25, -0.2) is 0 Å². The Balaban J connectivity index is 1.82. The highest BCUT2D eigenvalue weighted by molar-refractivity contribution is 6.30. The first-order valence-electron chi connectivity index (χ1n) is 7.31. The zero-order chi connectivity index (χ0) is 13.9. The molecule has 3 heteroatoms. The fraction of sp³-hybridized carbons (Fsp3) is 0.412. The molecule has 1 aromatic carbocycles. The quantitative estimate of drug-likeness (QED) is 0.867. The molecule has 0 amide bonds. The van der Waals surface area contributed by atoms with Crippen LogP contribution in [0.2, 0.25) is 5.02 Å². The predicted molar refractivity (Wildman–Crippen MR) is 82.1 cm³/mol. The lowest BCUT2D eigenvalue weighted by Gasteiger charge is -2.35. The lowest BCUT2D eigenvalue weighted by atomic mass is 9.83. The largest absolute Gasteiger partial charge is 0.469 e. The smallest absolute Gasteiger partial charge is 0.106 e. The van der Waals surface area contributed by atoms with Crippen molar-refractivity contribution in [3.8, 4) is 0 Å². The number of hydrogen-bond acceptors (Lipinski definition) is 2. The third-order valence-corrected chi connectivity index (χ3v) is 4.49. The van der Waals surface area contributed by atoms with Crippen molar-refractivity contribution in [2.75, 3.05) is 0 Å². The van der Waals surface area contributed by atoms with E-state index < -0.39 is 0 Å². The number of rotatable bonds is 3. The van der Waals surface area contributed by atoms with E-state index in [1.54, 1.807) is 6.26 Å². The van der Waals surface area contributed by atoms with Crippen LogP contribution in [0.5, 0.6) is 0 Å². The van der Waals surface area contributed by atoms with Crippen LogP contribution in [0.15, 0.2) is 47.1 Å². The van der Waals surface area contributed by atoms with Crippen LogP contribution in [0.1, 0.15) is 49.5 Å². The average molecular weight is 290 g/mol.